The Labute approximate surface area is 444 Å². The molecule has 1 heterocycles. The molecule has 0 spiro atoms. The third kappa shape index (κ3) is 17.3. The van der Waals surface area contributed by atoms with Crippen LogP contribution in [0.4, 0.5) is 0 Å². The molecule has 3 N–H and O–H groups in total. The number of aromatic hydroxyl groups is 3. The van der Waals surface area contributed by atoms with Crippen LogP contribution < -0.4 is 14.2 Å². The van der Waals surface area contributed by atoms with Crippen LogP contribution in [-0.2, 0) is 47.9 Å². The molecule has 408 valence electrons. The van der Waals surface area contributed by atoms with Crippen LogP contribution in [0.15, 0.2) is 74.4 Å². The molecular formula is C60H81N3O12. The van der Waals surface area contributed by atoms with Gasteiger partial charge in [-0.3, -0.25) is 14.4 Å². The van der Waals surface area contributed by atoms with E-state index in [0.29, 0.717) is 53.2 Å². The van der Waals surface area contributed by atoms with Crippen molar-refractivity contribution in [2.75, 3.05) is 39.6 Å². The zero-order valence-corrected chi connectivity index (χ0v) is 45.3. The van der Waals surface area contributed by atoms with Gasteiger partial charge in [0.25, 0.3) is 0 Å². The molecule has 15 heteroatoms. The Hall–Kier alpha value is -6.90. The van der Waals surface area contributed by atoms with Crippen molar-refractivity contribution in [1.82, 2.24) is 15.0 Å². The molecule has 0 fully saturated rings. The van der Waals surface area contributed by atoms with Gasteiger partial charge in [-0.05, 0) is 94.2 Å². The van der Waals surface area contributed by atoms with Crippen molar-refractivity contribution >= 4 is 17.9 Å². The minimum atomic E-state index is -0.267. The zero-order chi connectivity index (χ0) is 54.7. The highest BCUT2D eigenvalue weighted by atomic mass is 16.6. The quantitative estimate of drug-likeness (QED) is 0.0168. The number of phenolic OH excluding ortho intramolecular Hbond substituents is 3. The van der Waals surface area contributed by atoms with Gasteiger partial charge < -0.3 is 43.7 Å². The summed E-state index contributed by atoms with van der Waals surface area (Å²) < 4.78 is 34.9. The first-order valence-corrected chi connectivity index (χ1v) is 26.9. The lowest BCUT2D eigenvalue weighted by Gasteiger charge is -2.18. The molecular weight excluding hydrogens is 955 g/mol. The highest BCUT2D eigenvalue weighted by Crippen LogP contribution is 2.43. The Morgan fingerprint density at radius 1 is 0.453 bits per heavy atom. The molecule has 0 aliphatic carbocycles. The third-order valence-corrected chi connectivity index (χ3v) is 13.1. The molecule has 3 atom stereocenters. The summed E-state index contributed by atoms with van der Waals surface area (Å²) in [6, 6.07) is 9.72. The molecule has 0 aliphatic rings. The molecule has 0 radical (unpaired) electrons. The second kappa shape index (κ2) is 32.4. The Balaban J connectivity index is 1.78. The summed E-state index contributed by atoms with van der Waals surface area (Å²) in [5, 5.41) is 36.1. The molecule has 0 saturated carbocycles. The topological polar surface area (TPSA) is 206 Å². The molecule has 0 aliphatic heterocycles. The number of unbranched alkanes of at least 4 members (excludes halogenated alkanes) is 3. The molecule has 0 saturated heterocycles. The maximum atomic E-state index is 12.8. The van der Waals surface area contributed by atoms with E-state index in [9.17, 15) is 29.7 Å². The number of aromatic nitrogens is 3. The number of carbonyl (C=O) groups is 3. The first-order valence-electron chi connectivity index (χ1n) is 26.9. The highest BCUT2D eigenvalue weighted by molar-refractivity contribution is 5.78. The van der Waals surface area contributed by atoms with Crippen LogP contribution in [0.5, 0.6) is 34.5 Å². The van der Waals surface area contributed by atoms with Crippen molar-refractivity contribution in [3.63, 3.8) is 0 Å². The summed E-state index contributed by atoms with van der Waals surface area (Å²) >= 11 is 0. The molecule has 4 rings (SSSR count). The molecule has 15 nitrogen and oxygen atoms in total. The first-order chi connectivity index (χ1) is 36.4. The fraction of sp³-hybridized carbons (Fsp3) is 0.500. The minimum absolute atomic E-state index is 0.0109. The largest absolute Gasteiger partial charge is 0.507 e. The van der Waals surface area contributed by atoms with Crippen LogP contribution >= 0.6 is 0 Å². The summed E-state index contributed by atoms with van der Waals surface area (Å²) in [5.41, 5.74) is 1.65. The van der Waals surface area contributed by atoms with Gasteiger partial charge in [0.1, 0.15) is 74.1 Å². The molecule has 1 aromatic heterocycles. The normalized spacial score (nSPS) is 12.2. The van der Waals surface area contributed by atoms with Crippen molar-refractivity contribution in [2.24, 2.45) is 17.8 Å². The lowest BCUT2D eigenvalue weighted by molar-refractivity contribution is -0.150. The summed E-state index contributed by atoms with van der Waals surface area (Å²) in [5.74, 6) is -1.04. The average Bonchev–Trinajstić information content (AvgIpc) is 3.41. The summed E-state index contributed by atoms with van der Waals surface area (Å²) in [6.45, 7) is 23.9. The molecule has 75 heavy (non-hydrogen) atoms. The van der Waals surface area contributed by atoms with Gasteiger partial charge >= 0.3 is 17.9 Å². The second-order valence-corrected chi connectivity index (χ2v) is 18.4. The molecule has 0 amide bonds. The van der Waals surface area contributed by atoms with E-state index in [1.165, 1.54) is 0 Å². The van der Waals surface area contributed by atoms with E-state index in [1.807, 2.05) is 20.8 Å². The summed E-state index contributed by atoms with van der Waals surface area (Å²) in [6.07, 6.45) is 15.5. The van der Waals surface area contributed by atoms with Gasteiger partial charge in [0.2, 0.25) is 0 Å². The number of carbonyl (C=O) groups excluding carboxylic acids is 3. The van der Waals surface area contributed by atoms with Gasteiger partial charge in [0, 0.05) is 16.7 Å². The predicted molar refractivity (Wildman–Crippen MR) is 292 cm³/mol. The van der Waals surface area contributed by atoms with Crippen LogP contribution in [0, 0.1) is 17.8 Å². The minimum Gasteiger partial charge on any atom is -0.507 e. The number of hydrogen-bond acceptors (Lipinski definition) is 15. The van der Waals surface area contributed by atoms with Gasteiger partial charge in [0.05, 0.1) is 34.4 Å². The second-order valence-electron chi connectivity index (χ2n) is 18.4. The number of phenols is 3. The Morgan fingerprint density at radius 2 is 0.720 bits per heavy atom. The number of ether oxygens (including phenoxy) is 6. The Morgan fingerprint density at radius 3 is 0.947 bits per heavy atom. The van der Waals surface area contributed by atoms with Gasteiger partial charge in [-0.1, -0.05) is 98.3 Å². The van der Waals surface area contributed by atoms with Crippen LogP contribution in [0.25, 0.3) is 34.2 Å². The van der Waals surface area contributed by atoms with Crippen molar-refractivity contribution < 1.29 is 58.1 Å². The first kappa shape index (κ1) is 60.7. The van der Waals surface area contributed by atoms with Crippen LogP contribution in [0.1, 0.15) is 135 Å². The third-order valence-electron chi connectivity index (χ3n) is 13.1. The molecule has 4 aromatic rings. The standard InChI is InChI=1S/C60H81N3O12/c1-10-19-25-40(16-7)58(67)73-37-34-70-49-31-28-46(52(64)43(49)22-13-4)55-61-56(47-29-32-50(44(23-14-5)53(47)65)71-35-38-74-59(68)41(17-8)26-20-11-2)63-57(62-55)48-30-33-51(45(24-15-6)54(48)66)72-36-39-75-60(69)42(18-9)27-21-12-3/h13-15,28-33,40-42,64-66H,4-6,10-12,16-27,34-39H2,1-3,7-9H3. The molecule has 3 unspecified atom stereocenters. The summed E-state index contributed by atoms with van der Waals surface area (Å²) in [4.78, 5) is 52.8. The van der Waals surface area contributed by atoms with Crippen LogP contribution in [0.2, 0.25) is 0 Å². The SMILES string of the molecule is C=CCc1c(OCCOC(=O)C(CC)CCCC)ccc(-c2nc(-c3ccc(OCCOC(=O)C(CC)CCCC)c(CC=C)c3O)nc(-c3ccc(OCCOC(=O)C(CC)CCCC)c(CC=C)c3O)n2)c1O. The van der Waals surface area contributed by atoms with E-state index >= 15 is 0 Å². The van der Waals surface area contributed by atoms with Gasteiger partial charge in [-0.2, -0.15) is 0 Å². The van der Waals surface area contributed by atoms with E-state index in [1.54, 1.807) is 54.6 Å². The number of allylic oxidation sites excluding steroid dienone is 3. The van der Waals surface area contributed by atoms with Gasteiger partial charge in [0.15, 0.2) is 17.5 Å². The van der Waals surface area contributed by atoms with Crippen molar-refractivity contribution in [3.8, 4) is 68.7 Å². The van der Waals surface area contributed by atoms with E-state index < -0.39 is 0 Å². The van der Waals surface area contributed by atoms with Crippen molar-refractivity contribution in [2.45, 2.75) is 138 Å². The van der Waals surface area contributed by atoms with Gasteiger partial charge in [-0.15, -0.1) is 19.7 Å². The average molecular weight is 1040 g/mol. The van der Waals surface area contributed by atoms with Crippen LogP contribution in [0.3, 0.4) is 0 Å². The van der Waals surface area contributed by atoms with E-state index in [2.05, 4.69) is 40.5 Å². The van der Waals surface area contributed by atoms with Gasteiger partial charge in [-0.25, -0.2) is 15.0 Å². The van der Waals surface area contributed by atoms with E-state index in [0.717, 1.165) is 57.8 Å². The van der Waals surface area contributed by atoms with Crippen molar-refractivity contribution in [3.05, 3.63) is 91.1 Å². The number of nitrogens with zero attached hydrogens (tertiary/aromatic N) is 3. The van der Waals surface area contributed by atoms with E-state index in [-0.39, 0.29) is 146 Å². The monoisotopic (exact) mass is 1040 g/mol. The fourth-order valence-corrected chi connectivity index (χ4v) is 8.62. The Kier molecular flexibility index (Phi) is 26.2. The smallest absolute Gasteiger partial charge is 0.309 e. The molecule has 0 bridgehead atoms. The zero-order valence-electron chi connectivity index (χ0n) is 45.3. The number of benzene rings is 3. The number of rotatable bonds is 36. The van der Waals surface area contributed by atoms with Crippen molar-refractivity contribution in [1.29, 1.82) is 0 Å². The Bertz CT molecular complexity index is 2220. The maximum Gasteiger partial charge on any atom is 0.309 e. The lowest BCUT2D eigenvalue weighted by atomic mass is 10.00. The maximum absolute atomic E-state index is 12.8. The lowest BCUT2D eigenvalue weighted by Crippen LogP contribution is -2.20. The predicted octanol–water partition coefficient (Wildman–Crippen LogP) is 12.6. The van der Waals surface area contributed by atoms with E-state index in [4.69, 9.17) is 43.4 Å². The molecule has 3 aromatic carbocycles. The number of hydrogen-bond donors (Lipinski definition) is 3. The number of esters is 3. The van der Waals surface area contributed by atoms with Crippen LogP contribution in [-0.4, -0.2) is 87.8 Å². The fourth-order valence-electron chi connectivity index (χ4n) is 8.62. The summed E-state index contributed by atoms with van der Waals surface area (Å²) in [7, 11) is 0. The highest BCUT2D eigenvalue weighted by Gasteiger charge is 2.26.